The van der Waals surface area contributed by atoms with E-state index in [4.69, 9.17) is 10.5 Å². The molecule has 1 aliphatic rings. The predicted octanol–water partition coefficient (Wildman–Crippen LogP) is 3.41. The predicted molar refractivity (Wildman–Crippen MR) is 113 cm³/mol. The van der Waals surface area contributed by atoms with Crippen LogP contribution in [-0.2, 0) is 0 Å². The Morgan fingerprint density at radius 3 is 2.46 bits per heavy atom. The lowest BCUT2D eigenvalue weighted by molar-refractivity contribution is 0.140. The van der Waals surface area contributed by atoms with Gasteiger partial charge >= 0.3 is 0 Å². The normalized spacial score (nSPS) is 21.9. The number of methoxy groups -OCH3 is 1. The van der Waals surface area contributed by atoms with Crippen LogP contribution in [0, 0.1) is 11.8 Å². The van der Waals surface area contributed by atoms with Gasteiger partial charge < -0.3 is 20.7 Å². The summed E-state index contributed by atoms with van der Waals surface area (Å²) in [6.07, 6.45) is 2.40. The molecule has 5 nitrogen and oxygen atoms in total. The molecule has 1 aromatic carbocycles. The minimum absolute atomic E-state index is 0. The molecule has 0 saturated carbocycles. The van der Waals surface area contributed by atoms with E-state index in [1.807, 2.05) is 24.3 Å². The van der Waals surface area contributed by atoms with Gasteiger partial charge in [-0.25, -0.2) is 0 Å². The third-order valence-corrected chi connectivity index (χ3v) is 4.22. The molecule has 0 aromatic heterocycles. The highest BCUT2D eigenvalue weighted by molar-refractivity contribution is 14.0. The first-order valence-electron chi connectivity index (χ1n) is 8.50. The number of ether oxygens (including phenoxy) is 1. The third kappa shape index (κ3) is 7.25. The molecule has 2 unspecified atom stereocenters. The van der Waals surface area contributed by atoms with Crippen molar-refractivity contribution in [1.82, 2.24) is 4.90 Å². The van der Waals surface area contributed by atoms with E-state index in [-0.39, 0.29) is 24.0 Å². The molecule has 0 amide bonds. The van der Waals surface area contributed by atoms with Gasteiger partial charge in [-0.05, 0) is 55.5 Å². The van der Waals surface area contributed by atoms with Gasteiger partial charge in [-0.1, -0.05) is 13.8 Å². The lowest BCUT2D eigenvalue weighted by Gasteiger charge is -2.34. The zero-order valence-electron chi connectivity index (χ0n) is 15.0. The minimum Gasteiger partial charge on any atom is -0.497 e. The molecule has 1 aromatic rings. The standard InChI is InChI=1S/C18H30N4O.HI/c1-14-11-15(2)13-22(12-14)10-4-9-20-18(19)21-16-5-7-17(23-3)8-6-16;/h5-8,14-15H,4,9-13H2,1-3H3,(H3,19,20,21);1H. The van der Waals surface area contributed by atoms with Crippen molar-refractivity contribution in [2.45, 2.75) is 26.7 Å². The molecular weight excluding hydrogens is 415 g/mol. The minimum atomic E-state index is 0. The molecule has 136 valence electrons. The van der Waals surface area contributed by atoms with E-state index in [9.17, 15) is 0 Å². The van der Waals surface area contributed by atoms with Crippen LogP contribution in [0.4, 0.5) is 5.69 Å². The van der Waals surface area contributed by atoms with Crippen LogP contribution in [0.2, 0.25) is 0 Å². The first kappa shape index (κ1) is 21.0. The number of likely N-dealkylation sites (tertiary alicyclic amines) is 1. The zero-order valence-corrected chi connectivity index (χ0v) is 17.3. The van der Waals surface area contributed by atoms with Crippen LogP contribution in [0.25, 0.3) is 0 Å². The van der Waals surface area contributed by atoms with Crippen LogP contribution < -0.4 is 15.8 Å². The fourth-order valence-electron chi connectivity index (χ4n) is 3.33. The second kappa shape index (κ2) is 10.8. The van der Waals surface area contributed by atoms with Gasteiger partial charge in [0.2, 0.25) is 0 Å². The third-order valence-electron chi connectivity index (χ3n) is 4.22. The van der Waals surface area contributed by atoms with Crippen molar-refractivity contribution in [2.75, 3.05) is 38.6 Å². The summed E-state index contributed by atoms with van der Waals surface area (Å²) in [6.45, 7) is 8.98. The van der Waals surface area contributed by atoms with Crippen LogP contribution in [0.15, 0.2) is 29.3 Å². The molecule has 0 radical (unpaired) electrons. The first-order chi connectivity index (χ1) is 11.1. The van der Waals surface area contributed by atoms with E-state index in [1.54, 1.807) is 7.11 Å². The average molecular weight is 446 g/mol. The molecular formula is C18H31IN4O. The number of anilines is 1. The summed E-state index contributed by atoms with van der Waals surface area (Å²) in [5, 5.41) is 3.10. The van der Waals surface area contributed by atoms with E-state index >= 15 is 0 Å². The zero-order chi connectivity index (χ0) is 16.7. The molecule has 2 rings (SSSR count). The van der Waals surface area contributed by atoms with Gasteiger partial charge in [0.25, 0.3) is 0 Å². The van der Waals surface area contributed by atoms with Gasteiger partial charge in [0, 0.05) is 25.3 Å². The van der Waals surface area contributed by atoms with E-state index < -0.39 is 0 Å². The smallest absolute Gasteiger partial charge is 0.193 e. The van der Waals surface area contributed by atoms with Crippen LogP contribution >= 0.6 is 24.0 Å². The van der Waals surface area contributed by atoms with Gasteiger partial charge in [0.05, 0.1) is 7.11 Å². The number of guanidine groups is 1. The molecule has 1 saturated heterocycles. The molecule has 1 fully saturated rings. The van der Waals surface area contributed by atoms with E-state index in [0.29, 0.717) is 5.96 Å². The van der Waals surface area contributed by atoms with Crippen molar-refractivity contribution in [3.05, 3.63) is 24.3 Å². The lowest BCUT2D eigenvalue weighted by atomic mass is 9.92. The number of benzene rings is 1. The van der Waals surface area contributed by atoms with Crippen molar-refractivity contribution >= 4 is 35.6 Å². The molecule has 6 heteroatoms. The maximum absolute atomic E-state index is 5.93. The monoisotopic (exact) mass is 446 g/mol. The molecule has 0 spiro atoms. The number of aliphatic imine (C=N–C) groups is 1. The summed E-state index contributed by atoms with van der Waals surface area (Å²) in [6, 6.07) is 7.65. The largest absolute Gasteiger partial charge is 0.497 e. The van der Waals surface area contributed by atoms with Crippen LogP contribution in [0.3, 0.4) is 0 Å². The van der Waals surface area contributed by atoms with Crippen molar-refractivity contribution < 1.29 is 4.74 Å². The molecule has 0 aliphatic carbocycles. The van der Waals surface area contributed by atoms with Crippen molar-refractivity contribution in [3.63, 3.8) is 0 Å². The number of nitrogens with two attached hydrogens (primary N) is 1. The summed E-state index contributed by atoms with van der Waals surface area (Å²) in [5.41, 5.74) is 6.86. The average Bonchev–Trinajstić information content (AvgIpc) is 2.51. The lowest BCUT2D eigenvalue weighted by Crippen LogP contribution is -2.39. The SMILES string of the molecule is COc1ccc(NC(N)=NCCCN2CC(C)CC(C)C2)cc1.I. The Labute approximate surface area is 163 Å². The molecule has 24 heavy (non-hydrogen) atoms. The van der Waals surface area contributed by atoms with Gasteiger partial charge in [0.1, 0.15) is 5.75 Å². The molecule has 2 atom stereocenters. The summed E-state index contributed by atoms with van der Waals surface area (Å²) in [5.74, 6) is 2.92. The van der Waals surface area contributed by atoms with E-state index in [2.05, 4.69) is 29.1 Å². The molecule has 1 aliphatic heterocycles. The number of hydrogen-bond donors (Lipinski definition) is 2. The maximum Gasteiger partial charge on any atom is 0.193 e. The fourth-order valence-corrected chi connectivity index (χ4v) is 3.33. The van der Waals surface area contributed by atoms with Gasteiger partial charge in [-0.15, -0.1) is 24.0 Å². The summed E-state index contributed by atoms with van der Waals surface area (Å²) < 4.78 is 5.13. The Morgan fingerprint density at radius 2 is 1.88 bits per heavy atom. The van der Waals surface area contributed by atoms with Crippen LogP contribution in [0.5, 0.6) is 5.75 Å². The van der Waals surface area contributed by atoms with Crippen molar-refractivity contribution in [2.24, 2.45) is 22.6 Å². The van der Waals surface area contributed by atoms with Crippen LogP contribution in [-0.4, -0.2) is 44.1 Å². The first-order valence-corrected chi connectivity index (χ1v) is 8.50. The van der Waals surface area contributed by atoms with Gasteiger partial charge in [-0.2, -0.15) is 0 Å². The van der Waals surface area contributed by atoms with Crippen LogP contribution in [0.1, 0.15) is 26.7 Å². The van der Waals surface area contributed by atoms with E-state index in [1.165, 1.54) is 19.5 Å². The topological polar surface area (TPSA) is 62.9 Å². The van der Waals surface area contributed by atoms with Crippen molar-refractivity contribution in [1.29, 1.82) is 0 Å². The number of nitrogens with zero attached hydrogens (tertiary/aromatic N) is 2. The highest BCUT2D eigenvalue weighted by atomic mass is 127. The summed E-state index contributed by atoms with van der Waals surface area (Å²) in [7, 11) is 1.65. The highest BCUT2D eigenvalue weighted by Gasteiger charge is 2.20. The molecule has 3 N–H and O–H groups in total. The number of piperidine rings is 1. The van der Waals surface area contributed by atoms with Gasteiger partial charge in [-0.3, -0.25) is 4.99 Å². The van der Waals surface area contributed by atoms with Gasteiger partial charge in [0.15, 0.2) is 5.96 Å². The molecule has 0 bridgehead atoms. The summed E-state index contributed by atoms with van der Waals surface area (Å²) in [4.78, 5) is 6.97. The number of hydrogen-bond acceptors (Lipinski definition) is 3. The quantitative estimate of drug-likeness (QED) is 0.304. The molecule has 1 heterocycles. The maximum atomic E-state index is 5.93. The Hall–Kier alpha value is -1.02. The summed E-state index contributed by atoms with van der Waals surface area (Å²) >= 11 is 0. The Balaban J connectivity index is 0.00000288. The highest BCUT2D eigenvalue weighted by Crippen LogP contribution is 2.20. The fraction of sp³-hybridized carbons (Fsp3) is 0.611. The Kier molecular flexibility index (Phi) is 9.43. The number of rotatable bonds is 6. The number of halogens is 1. The number of nitrogens with one attached hydrogen (secondary N) is 1. The van der Waals surface area contributed by atoms with E-state index in [0.717, 1.165) is 42.8 Å². The second-order valence-corrected chi connectivity index (χ2v) is 6.68. The van der Waals surface area contributed by atoms with Crippen molar-refractivity contribution in [3.8, 4) is 5.75 Å². The Bertz CT molecular complexity index is 496. The Morgan fingerprint density at radius 1 is 1.25 bits per heavy atom. The second-order valence-electron chi connectivity index (χ2n) is 6.68.